The van der Waals surface area contributed by atoms with E-state index in [0.717, 1.165) is 23.3 Å². The molecular formula is C7H10ClN3S2. The van der Waals surface area contributed by atoms with Gasteiger partial charge >= 0.3 is 0 Å². The van der Waals surface area contributed by atoms with Crippen molar-refractivity contribution in [1.82, 2.24) is 8.75 Å². The lowest BCUT2D eigenvalue weighted by Gasteiger charge is -2.43. The Bertz CT molecular complexity index is 312. The van der Waals surface area contributed by atoms with Crippen molar-refractivity contribution < 1.29 is 0 Å². The van der Waals surface area contributed by atoms with Crippen LogP contribution in [0.25, 0.3) is 0 Å². The standard InChI is InChI=1S/C7H10ClN3S2/c1-7(2)4(3-12-7)9-6-5(8)10-13-11-6/h4H,3H2,1-2H3,(H,9,11). The minimum Gasteiger partial charge on any atom is -0.362 e. The van der Waals surface area contributed by atoms with Gasteiger partial charge in [-0.15, -0.1) is 0 Å². The van der Waals surface area contributed by atoms with Gasteiger partial charge in [0.1, 0.15) is 0 Å². The first-order chi connectivity index (χ1) is 6.09. The van der Waals surface area contributed by atoms with Crippen molar-refractivity contribution in [2.75, 3.05) is 11.1 Å². The molecule has 1 fully saturated rings. The van der Waals surface area contributed by atoms with Crippen LogP contribution in [0.3, 0.4) is 0 Å². The van der Waals surface area contributed by atoms with Crippen molar-refractivity contribution in [3.8, 4) is 0 Å². The van der Waals surface area contributed by atoms with Crippen molar-refractivity contribution in [3.05, 3.63) is 5.15 Å². The molecule has 2 heterocycles. The summed E-state index contributed by atoms with van der Waals surface area (Å²) in [5.74, 6) is 1.84. The predicted molar refractivity (Wildman–Crippen MR) is 58.9 cm³/mol. The summed E-state index contributed by atoms with van der Waals surface area (Å²) in [5.41, 5.74) is 0. The highest BCUT2D eigenvalue weighted by Gasteiger charge is 2.40. The SMILES string of the molecule is CC1(C)SCC1Nc1nsnc1Cl. The van der Waals surface area contributed by atoms with Crippen molar-refractivity contribution in [2.24, 2.45) is 0 Å². The summed E-state index contributed by atoms with van der Waals surface area (Å²) in [6, 6.07) is 0.457. The number of anilines is 1. The highest BCUT2D eigenvalue weighted by atomic mass is 35.5. The highest BCUT2D eigenvalue weighted by Crippen LogP contribution is 2.41. The Morgan fingerprint density at radius 3 is 2.69 bits per heavy atom. The van der Waals surface area contributed by atoms with Gasteiger partial charge in [0.15, 0.2) is 11.0 Å². The van der Waals surface area contributed by atoms with Gasteiger partial charge in [0, 0.05) is 10.5 Å². The zero-order valence-electron chi connectivity index (χ0n) is 7.37. The van der Waals surface area contributed by atoms with Gasteiger partial charge < -0.3 is 5.32 Å². The third-order valence-corrected chi connectivity index (χ3v) is 4.64. The van der Waals surface area contributed by atoms with Crippen molar-refractivity contribution >= 4 is 40.9 Å². The Kier molecular flexibility index (Phi) is 2.42. The number of aromatic nitrogens is 2. The minimum absolute atomic E-state index is 0.285. The van der Waals surface area contributed by atoms with E-state index in [1.807, 2.05) is 11.8 Å². The Balaban J connectivity index is 2.03. The monoisotopic (exact) mass is 235 g/mol. The first-order valence-corrected chi connectivity index (χ1v) is 6.07. The normalized spacial score (nSPS) is 25.3. The Morgan fingerprint density at radius 1 is 1.54 bits per heavy atom. The molecule has 1 aliphatic heterocycles. The van der Waals surface area contributed by atoms with Gasteiger partial charge in [0.25, 0.3) is 0 Å². The van der Waals surface area contributed by atoms with Gasteiger partial charge in [-0.25, -0.2) is 0 Å². The zero-order chi connectivity index (χ0) is 9.47. The summed E-state index contributed by atoms with van der Waals surface area (Å²) in [6.07, 6.45) is 0. The van der Waals surface area contributed by atoms with Crippen LogP contribution < -0.4 is 5.32 Å². The first-order valence-electron chi connectivity index (χ1n) is 3.98. The maximum atomic E-state index is 5.83. The van der Waals surface area contributed by atoms with Crippen molar-refractivity contribution in [2.45, 2.75) is 24.6 Å². The number of thioether (sulfide) groups is 1. The summed E-state index contributed by atoms with van der Waals surface area (Å²) in [4.78, 5) is 0. The molecule has 2 rings (SSSR count). The number of nitrogens with one attached hydrogen (secondary N) is 1. The van der Waals surface area contributed by atoms with Crippen molar-refractivity contribution in [1.29, 1.82) is 0 Å². The van der Waals surface area contributed by atoms with Crippen LogP contribution in [-0.2, 0) is 0 Å². The first kappa shape index (κ1) is 9.55. The second-order valence-corrected chi connectivity index (χ2v) is 6.08. The minimum atomic E-state index is 0.285. The summed E-state index contributed by atoms with van der Waals surface area (Å²) < 4.78 is 8.27. The van der Waals surface area contributed by atoms with Gasteiger partial charge in [-0.05, 0) is 13.8 Å². The van der Waals surface area contributed by atoms with Crippen molar-refractivity contribution in [3.63, 3.8) is 0 Å². The van der Waals surface area contributed by atoms with E-state index in [4.69, 9.17) is 11.6 Å². The Labute approximate surface area is 90.6 Å². The van der Waals surface area contributed by atoms with E-state index in [1.165, 1.54) is 0 Å². The molecule has 0 bridgehead atoms. The lowest BCUT2D eigenvalue weighted by Crippen LogP contribution is -2.50. The van der Waals surface area contributed by atoms with Crippen LogP contribution in [0.2, 0.25) is 5.15 Å². The molecule has 1 aromatic heterocycles. The van der Waals surface area contributed by atoms with E-state index in [0.29, 0.717) is 11.2 Å². The molecule has 1 unspecified atom stereocenters. The molecule has 1 aromatic rings. The van der Waals surface area contributed by atoms with Gasteiger partial charge in [-0.1, -0.05) is 11.6 Å². The van der Waals surface area contributed by atoms with Gasteiger partial charge in [-0.2, -0.15) is 20.5 Å². The lowest BCUT2D eigenvalue weighted by molar-refractivity contribution is 0.575. The summed E-state index contributed by atoms with van der Waals surface area (Å²) in [6.45, 7) is 4.43. The van der Waals surface area contributed by atoms with Crippen LogP contribution in [-0.4, -0.2) is 25.3 Å². The summed E-state index contributed by atoms with van der Waals surface area (Å²) in [5, 5.41) is 3.78. The largest absolute Gasteiger partial charge is 0.362 e. The number of hydrogen-bond donors (Lipinski definition) is 1. The average molecular weight is 236 g/mol. The fraction of sp³-hybridized carbons (Fsp3) is 0.714. The van der Waals surface area contributed by atoms with Crippen LogP contribution in [0.15, 0.2) is 0 Å². The molecule has 6 heteroatoms. The van der Waals surface area contributed by atoms with E-state index in [9.17, 15) is 0 Å². The van der Waals surface area contributed by atoms with Crippen LogP contribution in [0, 0.1) is 0 Å². The maximum absolute atomic E-state index is 5.83. The molecule has 0 aliphatic carbocycles. The molecular weight excluding hydrogens is 226 g/mol. The maximum Gasteiger partial charge on any atom is 0.186 e. The Hall–Kier alpha value is -0.0000000000000000555. The molecule has 1 N–H and O–H groups in total. The number of hydrogen-bond acceptors (Lipinski definition) is 5. The van der Waals surface area contributed by atoms with E-state index >= 15 is 0 Å². The predicted octanol–water partition coefficient (Wildman–Crippen LogP) is 2.50. The second-order valence-electron chi connectivity index (χ2n) is 3.52. The van der Waals surface area contributed by atoms with E-state index in [-0.39, 0.29) is 4.75 Å². The molecule has 0 saturated carbocycles. The van der Waals surface area contributed by atoms with Gasteiger partial charge in [0.2, 0.25) is 0 Å². The number of nitrogens with zero attached hydrogens (tertiary/aromatic N) is 2. The Morgan fingerprint density at radius 2 is 2.31 bits per heavy atom. The quantitative estimate of drug-likeness (QED) is 0.855. The smallest absolute Gasteiger partial charge is 0.186 e. The molecule has 0 spiro atoms. The third kappa shape index (κ3) is 1.78. The van der Waals surface area contributed by atoms with Crippen LogP contribution >= 0.6 is 35.1 Å². The van der Waals surface area contributed by atoms with Crippen LogP contribution in [0.4, 0.5) is 5.82 Å². The summed E-state index contributed by atoms with van der Waals surface area (Å²) in [7, 11) is 0. The fourth-order valence-electron chi connectivity index (χ4n) is 1.14. The van der Waals surface area contributed by atoms with Gasteiger partial charge in [-0.3, -0.25) is 0 Å². The van der Waals surface area contributed by atoms with E-state index < -0.39 is 0 Å². The van der Waals surface area contributed by atoms with Gasteiger partial charge in [0.05, 0.1) is 17.8 Å². The molecule has 3 nitrogen and oxygen atoms in total. The zero-order valence-corrected chi connectivity index (χ0v) is 9.76. The second kappa shape index (κ2) is 3.29. The van der Waals surface area contributed by atoms with Crippen LogP contribution in [0.1, 0.15) is 13.8 Å². The molecule has 72 valence electrons. The molecule has 0 aromatic carbocycles. The van der Waals surface area contributed by atoms with Crippen LogP contribution in [0.5, 0.6) is 0 Å². The summed E-state index contributed by atoms with van der Waals surface area (Å²) >= 11 is 8.92. The number of rotatable bonds is 2. The van der Waals surface area contributed by atoms with E-state index in [2.05, 4.69) is 27.9 Å². The molecule has 1 atom stereocenters. The molecule has 0 amide bonds. The molecule has 0 radical (unpaired) electrons. The molecule has 1 saturated heterocycles. The molecule has 1 aliphatic rings. The lowest BCUT2D eigenvalue weighted by atomic mass is 10.0. The molecule has 13 heavy (non-hydrogen) atoms. The number of halogens is 1. The third-order valence-electron chi connectivity index (χ3n) is 2.22. The van der Waals surface area contributed by atoms with E-state index in [1.54, 1.807) is 0 Å². The average Bonchev–Trinajstić information content (AvgIpc) is 2.45. The topological polar surface area (TPSA) is 37.8 Å². The highest BCUT2D eigenvalue weighted by molar-refractivity contribution is 8.02. The fourth-order valence-corrected chi connectivity index (χ4v) is 2.95.